The van der Waals surface area contributed by atoms with Crippen molar-refractivity contribution in [2.45, 2.75) is 50.7 Å². The van der Waals surface area contributed by atoms with E-state index in [1.165, 1.54) is 4.57 Å². The molecule has 0 radical (unpaired) electrons. The first-order valence-corrected chi connectivity index (χ1v) is 21.8. The van der Waals surface area contributed by atoms with E-state index in [4.69, 9.17) is 4.74 Å². The summed E-state index contributed by atoms with van der Waals surface area (Å²) in [7, 11) is -2.65. The number of amides is 4. The zero-order chi connectivity index (χ0) is 42.6. The van der Waals surface area contributed by atoms with Crippen molar-refractivity contribution in [2.24, 2.45) is 7.05 Å². The van der Waals surface area contributed by atoms with Gasteiger partial charge in [0.25, 0.3) is 5.91 Å². The van der Waals surface area contributed by atoms with Crippen molar-refractivity contribution < 1.29 is 36.7 Å². The van der Waals surface area contributed by atoms with Crippen LogP contribution in [-0.4, -0.2) is 90.2 Å². The van der Waals surface area contributed by atoms with Crippen molar-refractivity contribution in [3.63, 3.8) is 0 Å². The van der Waals surface area contributed by atoms with E-state index in [2.05, 4.69) is 10.2 Å². The van der Waals surface area contributed by atoms with Gasteiger partial charge in [-0.05, 0) is 90.2 Å². The third-order valence-electron chi connectivity index (χ3n) is 12.3. The topological polar surface area (TPSA) is 172 Å². The number of benzene rings is 4. The Bertz CT molecular complexity index is 2830. The first-order valence-electron chi connectivity index (χ1n) is 20.3. The molecule has 0 aliphatic carbocycles. The number of nitrogens with zero attached hydrogens (tertiary/aromatic N) is 5. The normalized spacial score (nSPS) is 19.7. The number of hydrogen-bond acceptors (Lipinski definition) is 9. The third-order valence-corrected chi connectivity index (χ3v) is 13.7. The summed E-state index contributed by atoms with van der Waals surface area (Å²) in [4.78, 5) is 67.2. The van der Waals surface area contributed by atoms with Crippen molar-refractivity contribution >= 4 is 66.9 Å². The van der Waals surface area contributed by atoms with Gasteiger partial charge in [-0.15, -0.1) is 0 Å². The lowest BCUT2D eigenvalue weighted by Crippen LogP contribution is -2.44. The standard InChI is InChI=1S/C44H44FN7O8S/c1-48-36-22-30(9-10-34(36)52(44(48)57)35-11-12-38(53)46-43(35)56)28-13-17-49(18-14-28)19-16-40(55)50-20-15-32(24-50)29-7-8-31-23-37(60-26-27-5-3-2-4-6-27)42(41(45)33(31)21-29)51-25-39(54)47-61(51,58)59/h2-10,15,21-23,28,35H,11-14,16-20,24-26H2,1H3,(H,47,54)(H,46,53,56). The van der Waals surface area contributed by atoms with E-state index in [1.807, 2.05) is 65.4 Å². The molecule has 0 saturated carbocycles. The van der Waals surface area contributed by atoms with Gasteiger partial charge in [-0.3, -0.25) is 33.6 Å². The Morgan fingerprint density at radius 1 is 0.902 bits per heavy atom. The summed E-state index contributed by atoms with van der Waals surface area (Å²) in [6.45, 7) is 2.43. The van der Waals surface area contributed by atoms with Gasteiger partial charge in [0.15, 0.2) is 5.82 Å². The van der Waals surface area contributed by atoms with Gasteiger partial charge in [0.2, 0.25) is 17.7 Å². The van der Waals surface area contributed by atoms with Gasteiger partial charge in [-0.25, -0.2) is 18.2 Å². The lowest BCUT2D eigenvalue weighted by Gasteiger charge is -2.32. The number of aromatic nitrogens is 2. The Morgan fingerprint density at radius 2 is 1.69 bits per heavy atom. The van der Waals surface area contributed by atoms with Crippen LogP contribution in [0.1, 0.15) is 60.8 Å². The van der Waals surface area contributed by atoms with Crippen molar-refractivity contribution in [2.75, 3.05) is 43.6 Å². The maximum absolute atomic E-state index is 16.6. The molecule has 5 aromatic rings. The van der Waals surface area contributed by atoms with Crippen LogP contribution in [0.15, 0.2) is 83.7 Å². The zero-order valence-electron chi connectivity index (χ0n) is 33.4. The summed E-state index contributed by atoms with van der Waals surface area (Å²) in [6, 6.07) is 21.2. The summed E-state index contributed by atoms with van der Waals surface area (Å²) < 4.78 is 54.0. The number of piperidine rings is 2. The maximum Gasteiger partial charge on any atom is 0.329 e. The summed E-state index contributed by atoms with van der Waals surface area (Å²) >= 11 is 0. The SMILES string of the molecule is Cn1c(=O)n(C2CCC(=O)NC2=O)c2ccc(C3CCN(CCC(=O)N4CC=C(c5ccc6cc(OCc7ccccc7)c(N7CC(=O)NS7(=O)=O)c(F)c6c5)C4)CC3)cc21. The van der Waals surface area contributed by atoms with Gasteiger partial charge >= 0.3 is 15.9 Å². The van der Waals surface area contributed by atoms with Crippen molar-refractivity contribution in [1.82, 2.24) is 29.0 Å². The number of likely N-dealkylation sites (tertiary alicyclic amines) is 1. The number of anilines is 1. The molecule has 3 saturated heterocycles. The zero-order valence-corrected chi connectivity index (χ0v) is 34.3. The first-order chi connectivity index (χ1) is 29.3. The Morgan fingerprint density at radius 3 is 2.43 bits per heavy atom. The predicted octanol–water partition coefficient (Wildman–Crippen LogP) is 3.87. The van der Waals surface area contributed by atoms with Crippen molar-refractivity contribution in [3.05, 3.63) is 112 Å². The molecule has 1 aromatic heterocycles. The van der Waals surface area contributed by atoms with Crippen molar-refractivity contribution in [3.8, 4) is 5.75 Å². The molecule has 61 heavy (non-hydrogen) atoms. The molecule has 15 nitrogen and oxygen atoms in total. The molecule has 4 aliphatic rings. The second kappa shape index (κ2) is 15.9. The number of rotatable bonds is 10. The first kappa shape index (κ1) is 40.1. The molecule has 0 spiro atoms. The molecule has 0 bridgehead atoms. The van der Waals surface area contributed by atoms with Crippen LogP contribution >= 0.6 is 0 Å². The molecule has 4 aromatic carbocycles. The van der Waals surface area contributed by atoms with Crippen LogP contribution in [-0.2, 0) is 43.0 Å². The fourth-order valence-electron chi connectivity index (χ4n) is 8.96. The number of carbonyl (C=O) groups excluding carboxylic acids is 4. The molecular weight excluding hydrogens is 806 g/mol. The Hall–Kier alpha value is -6.33. The molecular formula is C44H44FN7O8S. The number of ether oxygens (including phenoxy) is 1. The van der Waals surface area contributed by atoms with E-state index in [0.717, 1.165) is 48.1 Å². The number of halogens is 1. The van der Waals surface area contributed by atoms with Crippen LogP contribution in [0.25, 0.3) is 27.4 Å². The highest BCUT2D eigenvalue weighted by Crippen LogP contribution is 2.41. The number of imide groups is 1. The second-order valence-corrected chi connectivity index (χ2v) is 17.7. The molecule has 3 fully saturated rings. The second-order valence-electron chi connectivity index (χ2n) is 16.1. The lowest BCUT2D eigenvalue weighted by atomic mass is 9.89. The molecule has 4 amide bonds. The third kappa shape index (κ3) is 7.67. The minimum absolute atomic E-state index is 0.00568. The van der Waals surface area contributed by atoms with Crippen LogP contribution in [0, 0.1) is 5.82 Å². The lowest BCUT2D eigenvalue weighted by molar-refractivity contribution is -0.136. The van der Waals surface area contributed by atoms with Gasteiger partial charge in [-0.1, -0.05) is 54.6 Å². The Kier molecular flexibility index (Phi) is 10.5. The predicted molar refractivity (Wildman–Crippen MR) is 225 cm³/mol. The minimum atomic E-state index is -4.35. The monoisotopic (exact) mass is 849 g/mol. The van der Waals surface area contributed by atoms with Gasteiger partial charge in [0, 0.05) is 44.9 Å². The number of nitrogens with one attached hydrogen (secondary N) is 2. The molecule has 9 rings (SSSR count). The van der Waals surface area contributed by atoms with E-state index in [0.29, 0.717) is 46.8 Å². The average Bonchev–Trinajstić information content (AvgIpc) is 3.93. The van der Waals surface area contributed by atoms with Gasteiger partial charge in [-0.2, -0.15) is 8.42 Å². The van der Waals surface area contributed by atoms with E-state index < -0.39 is 40.4 Å². The number of carbonyl (C=O) groups is 4. The number of imidazole rings is 1. The Labute approximate surface area is 350 Å². The van der Waals surface area contributed by atoms with Gasteiger partial charge in [0.1, 0.15) is 30.6 Å². The van der Waals surface area contributed by atoms with E-state index in [1.54, 1.807) is 34.7 Å². The molecule has 4 aliphatic heterocycles. The number of hydrogen-bond donors (Lipinski definition) is 2. The van der Waals surface area contributed by atoms with E-state index in [-0.39, 0.29) is 59.7 Å². The van der Waals surface area contributed by atoms with Crippen LogP contribution in [0.5, 0.6) is 5.75 Å². The van der Waals surface area contributed by atoms with Crippen LogP contribution < -0.4 is 24.8 Å². The Balaban J connectivity index is 0.829. The maximum atomic E-state index is 16.6. The minimum Gasteiger partial charge on any atom is -0.487 e. The summed E-state index contributed by atoms with van der Waals surface area (Å²) in [5.74, 6) is -2.15. The molecule has 1 atom stereocenters. The van der Waals surface area contributed by atoms with E-state index in [9.17, 15) is 32.4 Å². The fourth-order valence-corrected chi connectivity index (χ4v) is 10.1. The smallest absolute Gasteiger partial charge is 0.329 e. The van der Waals surface area contributed by atoms with Gasteiger partial charge < -0.3 is 14.5 Å². The fraction of sp³-hybridized carbons (Fsp3) is 0.341. The number of aryl methyl sites for hydroxylation is 1. The highest BCUT2D eigenvalue weighted by molar-refractivity contribution is 7.92. The van der Waals surface area contributed by atoms with Crippen molar-refractivity contribution in [1.29, 1.82) is 0 Å². The summed E-state index contributed by atoms with van der Waals surface area (Å²) in [5, 5.41) is 2.98. The van der Waals surface area contributed by atoms with Gasteiger partial charge in [0.05, 0.1) is 11.0 Å². The quantitative estimate of drug-likeness (QED) is 0.198. The molecule has 17 heteroatoms. The van der Waals surface area contributed by atoms with Crippen LogP contribution in [0.3, 0.4) is 0 Å². The highest BCUT2D eigenvalue weighted by Gasteiger charge is 2.39. The molecule has 1 unspecified atom stereocenters. The average molecular weight is 850 g/mol. The van der Waals surface area contributed by atoms with Crippen LogP contribution in [0.2, 0.25) is 0 Å². The van der Waals surface area contributed by atoms with Crippen LogP contribution in [0.4, 0.5) is 10.1 Å². The largest absolute Gasteiger partial charge is 0.487 e. The summed E-state index contributed by atoms with van der Waals surface area (Å²) in [5.41, 5.74) is 4.20. The molecule has 316 valence electrons. The number of fused-ring (bicyclic) bond motifs is 2. The highest BCUT2D eigenvalue weighted by atomic mass is 32.2. The summed E-state index contributed by atoms with van der Waals surface area (Å²) in [6.07, 6.45) is 4.51. The molecule has 2 N–H and O–H groups in total. The van der Waals surface area contributed by atoms with E-state index >= 15 is 4.39 Å². The molecule has 5 heterocycles.